The summed E-state index contributed by atoms with van der Waals surface area (Å²) in [5.41, 5.74) is 4.56. The minimum absolute atomic E-state index is 0.0541. The number of carbonyl (C=O) groups excluding carboxylic acids is 1. The van der Waals surface area contributed by atoms with Gasteiger partial charge in [0.1, 0.15) is 5.41 Å². The van der Waals surface area contributed by atoms with Crippen LogP contribution in [0.4, 0.5) is 0 Å². The smallest absolute Gasteiger partial charge is 0.234 e. The molecule has 2 heterocycles. The molecule has 0 spiro atoms. The average Bonchev–Trinajstić information content (AvgIpc) is 2.77. The molecule has 4 N–H and O–H groups in total. The number of ether oxygens (including phenoxy) is 1. The Labute approximate surface area is 117 Å². The molecule has 9 heteroatoms. The fourth-order valence-electron chi connectivity index (χ4n) is 2.65. The SMILES string of the molecule is NC(=NO)C1(C(=O)NC2CCS(=O)(=O)C2)CCOCC1. The number of hydrogen-bond donors (Lipinski definition) is 3. The number of rotatable bonds is 3. The van der Waals surface area contributed by atoms with Gasteiger partial charge in [-0.15, -0.1) is 0 Å². The van der Waals surface area contributed by atoms with E-state index in [1.54, 1.807) is 0 Å². The number of amidine groups is 1. The van der Waals surface area contributed by atoms with Crippen LogP contribution >= 0.6 is 0 Å². The molecule has 1 atom stereocenters. The van der Waals surface area contributed by atoms with Crippen LogP contribution in [0.3, 0.4) is 0 Å². The molecular weight excluding hydrogens is 286 g/mol. The highest BCUT2D eigenvalue weighted by molar-refractivity contribution is 7.91. The second kappa shape index (κ2) is 5.57. The van der Waals surface area contributed by atoms with Crippen molar-refractivity contribution in [2.45, 2.75) is 25.3 Å². The first-order chi connectivity index (χ1) is 9.39. The Hall–Kier alpha value is -1.35. The summed E-state index contributed by atoms with van der Waals surface area (Å²) in [4.78, 5) is 12.5. The van der Waals surface area contributed by atoms with Gasteiger partial charge in [0.05, 0.1) is 11.5 Å². The summed E-state index contributed by atoms with van der Waals surface area (Å²) < 4.78 is 28.0. The van der Waals surface area contributed by atoms with Gasteiger partial charge in [-0.3, -0.25) is 4.79 Å². The van der Waals surface area contributed by atoms with Crippen molar-refractivity contribution in [2.24, 2.45) is 16.3 Å². The maximum absolute atomic E-state index is 12.5. The number of carbonyl (C=O) groups is 1. The van der Waals surface area contributed by atoms with Gasteiger partial charge in [-0.05, 0) is 19.3 Å². The van der Waals surface area contributed by atoms with E-state index in [2.05, 4.69) is 10.5 Å². The Balaban J connectivity index is 2.12. The molecule has 0 radical (unpaired) electrons. The molecular formula is C11H19N3O5S. The van der Waals surface area contributed by atoms with E-state index in [9.17, 15) is 13.2 Å². The average molecular weight is 305 g/mol. The molecule has 2 aliphatic heterocycles. The quantitative estimate of drug-likeness (QED) is 0.261. The Morgan fingerprint density at radius 2 is 2.05 bits per heavy atom. The van der Waals surface area contributed by atoms with Crippen LogP contribution in [0.1, 0.15) is 19.3 Å². The van der Waals surface area contributed by atoms with Crippen molar-refractivity contribution in [1.82, 2.24) is 5.32 Å². The number of oxime groups is 1. The number of amides is 1. The van der Waals surface area contributed by atoms with Gasteiger partial charge >= 0.3 is 0 Å². The van der Waals surface area contributed by atoms with Gasteiger partial charge < -0.3 is 21.0 Å². The van der Waals surface area contributed by atoms with Gasteiger partial charge in [-0.25, -0.2) is 8.42 Å². The zero-order chi connectivity index (χ0) is 14.8. The zero-order valence-corrected chi connectivity index (χ0v) is 11.9. The Morgan fingerprint density at radius 1 is 1.40 bits per heavy atom. The molecule has 8 nitrogen and oxygen atoms in total. The molecule has 1 unspecified atom stereocenters. The van der Waals surface area contributed by atoms with Crippen molar-refractivity contribution in [2.75, 3.05) is 24.7 Å². The third-order valence-electron chi connectivity index (χ3n) is 3.95. The molecule has 0 bridgehead atoms. The first-order valence-electron chi connectivity index (χ1n) is 6.47. The summed E-state index contributed by atoms with van der Waals surface area (Å²) in [6, 6.07) is -0.404. The number of nitrogens with two attached hydrogens (primary N) is 1. The molecule has 2 fully saturated rings. The van der Waals surface area contributed by atoms with Gasteiger partial charge in [0.25, 0.3) is 0 Å². The fraction of sp³-hybridized carbons (Fsp3) is 0.818. The van der Waals surface area contributed by atoms with Gasteiger partial charge in [0.2, 0.25) is 5.91 Å². The first-order valence-corrected chi connectivity index (χ1v) is 8.29. The van der Waals surface area contributed by atoms with E-state index < -0.39 is 27.2 Å². The molecule has 114 valence electrons. The van der Waals surface area contributed by atoms with Crippen LogP contribution < -0.4 is 11.1 Å². The van der Waals surface area contributed by atoms with Crippen molar-refractivity contribution in [1.29, 1.82) is 0 Å². The van der Waals surface area contributed by atoms with Crippen molar-refractivity contribution >= 4 is 21.6 Å². The summed E-state index contributed by atoms with van der Waals surface area (Å²) in [7, 11) is -3.07. The lowest BCUT2D eigenvalue weighted by Crippen LogP contribution is -2.55. The number of hydrogen-bond acceptors (Lipinski definition) is 6. The number of sulfone groups is 1. The van der Waals surface area contributed by atoms with E-state index in [1.807, 2.05) is 0 Å². The molecule has 0 aromatic rings. The molecule has 0 saturated carbocycles. The number of nitrogens with zero attached hydrogens (tertiary/aromatic N) is 1. The Bertz CT molecular complexity index is 510. The molecule has 0 aliphatic carbocycles. The molecule has 2 aliphatic rings. The second-order valence-corrected chi connectivity index (χ2v) is 7.48. The highest BCUT2D eigenvalue weighted by atomic mass is 32.2. The Morgan fingerprint density at radius 3 is 2.55 bits per heavy atom. The zero-order valence-electron chi connectivity index (χ0n) is 11.0. The maximum atomic E-state index is 12.5. The minimum atomic E-state index is -3.07. The van der Waals surface area contributed by atoms with Crippen LogP contribution in [0.15, 0.2) is 5.16 Å². The predicted octanol–water partition coefficient (Wildman–Crippen LogP) is -1.17. The lowest BCUT2D eigenvalue weighted by Gasteiger charge is -2.35. The lowest BCUT2D eigenvalue weighted by molar-refractivity contribution is -0.132. The van der Waals surface area contributed by atoms with E-state index in [4.69, 9.17) is 15.7 Å². The van der Waals surface area contributed by atoms with Crippen LogP contribution in [-0.4, -0.2) is 56.1 Å². The van der Waals surface area contributed by atoms with Gasteiger partial charge in [-0.2, -0.15) is 0 Å². The minimum Gasteiger partial charge on any atom is -0.409 e. The van der Waals surface area contributed by atoms with E-state index >= 15 is 0 Å². The normalized spacial score (nSPS) is 29.0. The largest absolute Gasteiger partial charge is 0.409 e. The topological polar surface area (TPSA) is 131 Å². The van der Waals surface area contributed by atoms with E-state index in [1.165, 1.54) is 0 Å². The molecule has 20 heavy (non-hydrogen) atoms. The van der Waals surface area contributed by atoms with Crippen LogP contribution in [0.5, 0.6) is 0 Å². The summed E-state index contributed by atoms with van der Waals surface area (Å²) in [5, 5.41) is 14.6. The van der Waals surface area contributed by atoms with Crippen molar-refractivity contribution in [3.8, 4) is 0 Å². The number of nitrogens with one attached hydrogen (secondary N) is 1. The monoisotopic (exact) mass is 305 g/mol. The van der Waals surface area contributed by atoms with Gasteiger partial charge in [0.15, 0.2) is 15.7 Å². The van der Waals surface area contributed by atoms with E-state index in [-0.39, 0.29) is 17.3 Å². The first kappa shape index (κ1) is 15.0. The molecule has 2 saturated heterocycles. The van der Waals surface area contributed by atoms with Crippen LogP contribution in [0.2, 0.25) is 0 Å². The highest BCUT2D eigenvalue weighted by Gasteiger charge is 2.45. The lowest BCUT2D eigenvalue weighted by atomic mass is 9.78. The fourth-order valence-corrected chi connectivity index (χ4v) is 4.32. The maximum Gasteiger partial charge on any atom is 0.234 e. The molecule has 0 aromatic carbocycles. The standard InChI is InChI=1S/C11H19N3O5S/c12-9(14-16)11(2-4-19-5-3-11)10(15)13-8-1-6-20(17,18)7-8/h8,16H,1-7H2,(H2,12,14)(H,13,15). The molecule has 1 amide bonds. The van der Waals surface area contributed by atoms with Gasteiger partial charge in [-0.1, -0.05) is 5.16 Å². The molecule has 0 aromatic heterocycles. The second-order valence-electron chi connectivity index (χ2n) is 5.25. The van der Waals surface area contributed by atoms with Crippen LogP contribution in [0.25, 0.3) is 0 Å². The third-order valence-corrected chi connectivity index (χ3v) is 5.71. The van der Waals surface area contributed by atoms with Gasteiger partial charge in [0, 0.05) is 19.3 Å². The third kappa shape index (κ3) is 2.88. The van der Waals surface area contributed by atoms with Crippen molar-refractivity contribution < 1.29 is 23.2 Å². The van der Waals surface area contributed by atoms with E-state index in [0.29, 0.717) is 32.5 Å². The summed E-state index contributed by atoms with van der Waals surface area (Å²) in [6.45, 7) is 0.680. The van der Waals surface area contributed by atoms with Crippen molar-refractivity contribution in [3.63, 3.8) is 0 Å². The van der Waals surface area contributed by atoms with Crippen molar-refractivity contribution in [3.05, 3.63) is 0 Å². The summed E-state index contributed by atoms with van der Waals surface area (Å²) in [5.74, 6) is -0.517. The predicted molar refractivity (Wildman–Crippen MR) is 71.1 cm³/mol. The summed E-state index contributed by atoms with van der Waals surface area (Å²) >= 11 is 0. The van der Waals surface area contributed by atoms with E-state index in [0.717, 1.165) is 0 Å². The van der Waals surface area contributed by atoms with Crippen LogP contribution in [-0.2, 0) is 19.4 Å². The Kier molecular flexibility index (Phi) is 4.19. The highest BCUT2D eigenvalue weighted by Crippen LogP contribution is 2.31. The van der Waals surface area contributed by atoms with Crippen LogP contribution in [0, 0.1) is 5.41 Å². The summed E-state index contributed by atoms with van der Waals surface area (Å²) in [6.07, 6.45) is 1.03. The molecule has 2 rings (SSSR count).